The third-order valence-electron chi connectivity index (χ3n) is 8.58. The molecule has 0 bridgehead atoms. The monoisotopic (exact) mass is 764 g/mol. The summed E-state index contributed by atoms with van der Waals surface area (Å²) in [6, 6.07) is 0. The van der Waals surface area contributed by atoms with Crippen LogP contribution in [-0.4, -0.2) is 69.2 Å². The van der Waals surface area contributed by atoms with E-state index >= 15 is 0 Å². The van der Waals surface area contributed by atoms with Gasteiger partial charge in [-0.25, -0.2) is 4.57 Å². The summed E-state index contributed by atoms with van der Waals surface area (Å²) in [7, 11) is -4.84. The van der Waals surface area contributed by atoms with Crippen molar-refractivity contribution < 1.29 is 52.9 Å². The maximum Gasteiger partial charge on any atom is 0.469 e. The number of Topliss-reactive ketones (excluding diaryl/α,β-unsaturated/α-hetero) is 1. The second-order valence-electron chi connectivity index (χ2n) is 13.3. The molecular weight excluding hydrogens is 699 g/mol. The molecule has 0 saturated heterocycles. The minimum Gasteiger partial charge on any atom is -0.462 e. The molecule has 12 heteroatoms. The molecule has 53 heavy (non-hydrogen) atoms. The Kier molecular flexibility index (Phi) is 27.6. The van der Waals surface area contributed by atoms with Crippen LogP contribution in [0.4, 0.5) is 0 Å². The first-order valence-electron chi connectivity index (χ1n) is 19.3. The van der Waals surface area contributed by atoms with E-state index in [0.717, 1.165) is 57.8 Å². The highest BCUT2D eigenvalue weighted by Crippen LogP contribution is 2.36. The third kappa shape index (κ3) is 26.5. The molecule has 1 fully saturated rings. The maximum absolute atomic E-state index is 12.5. The summed E-state index contributed by atoms with van der Waals surface area (Å²) in [6.45, 7) is 3.18. The van der Waals surface area contributed by atoms with Crippen molar-refractivity contribution >= 4 is 25.5 Å². The number of hydrogen-bond acceptors (Lipinski definition) is 9. The molecule has 5 atom stereocenters. The van der Waals surface area contributed by atoms with Gasteiger partial charge in [0.25, 0.3) is 0 Å². The standard InChI is InChI=1S/C41H65O11P/c1-3-5-7-8-9-10-11-12-13-14-15-16-17-18-23-27-40(45)50-32-35(33-51-53(47,48)49)52-41(46)28-24-20-19-22-26-36-37(39(44)31-38(36)43)30-29-34(42)25-21-6-4-2/h5,7,9-10,12-13,15-16,19,22,29-30,34-37,39,42,44H,3-4,6,8,11,14,17-18,20-21,23-28,31-33H2,1-2H3,(H2,47,48,49)/b7-5-,10-9-,13-12-,16-15-,22-19-,30-29+/t34-,35+,36+,37+,39+/m0/s1. The number of hydrogen-bond donors (Lipinski definition) is 4. The van der Waals surface area contributed by atoms with Gasteiger partial charge >= 0.3 is 19.8 Å². The molecule has 11 nitrogen and oxygen atoms in total. The lowest BCUT2D eigenvalue weighted by Gasteiger charge is -2.18. The van der Waals surface area contributed by atoms with E-state index in [1.165, 1.54) is 0 Å². The van der Waals surface area contributed by atoms with Crippen LogP contribution in [-0.2, 0) is 32.9 Å². The van der Waals surface area contributed by atoms with Gasteiger partial charge in [-0.1, -0.05) is 106 Å². The van der Waals surface area contributed by atoms with Crippen molar-refractivity contribution in [3.8, 4) is 0 Å². The number of ketones is 1. The second kappa shape index (κ2) is 30.4. The minimum absolute atomic E-state index is 0.00432. The van der Waals surface area contributed by atoms with Crippen LogP contribution in [0.25, 0.3) is 0 Å². The average molecular weight is 765 g/mol. The lowest BCUT2D eigenvalue weighted by Crippen LogP contribution is -2.29. The molecule has 300 valence electrons. The Hall–Kier alpha value is -2.92. The zero-order chi connectivity index (χ0) is 39.2. The van der Waals surface area contributed by atoms with Crippen LogP contribution >= 0.6 is 7.82 Å². The van der Waals surface area contributed by atoms with Crippen molar-refractivity contribution in [1.29, 1.82) is 0 Å². The largest absolute Gasteiger partial charge is 0.469 e. The fraction of sp³-hybridized carbons (Fsp3) is 0.634. The van der Waals surface area contributed by atoms with Gasteiger partial charge < -0.3 is 29.5 Å². The number of carbonyl (C=O) groups excluding carboxylic acids is 3. The van der Waals surface area contributed by atoms with E-state index in [1.807, 2.05) is 12.2 Å². The van der Waals surface area contributed by atoms with Gasteiger partial charge in [0.1, 0.15) is 12.4 Å². The molecule has 0 aromatic carbocycles. The van der Waals surface area contributed by atoms with E-state index in [4.69, 9.17) is 19.3 Å². The van der Waals surface area contributed by atoms with Crippen LogP contribution in [0.2, 0.25) is 0 Å². The zero-order valence-electron chi connectivity index (χ0n) is 31.8. The van der Waals surface area contributed by atoms with Crippen molar-refractivity contribution in [2.45, 2.75) is 141 Å². The fourth-order valence-electron chi connectivity index (χ4n) is 5.64. The number of rotatable bonds is 30. The lowest BCUT2D eigenvalue weighted by atomic mass is 9.90. The molecule has 0 amide bonds. The highest BCUT2D eigenvalue weighted by Gasteiger charge is 2.39. The van der Waals surface area contributed by atoms with Crippen molar-refractivity contribution in [3.05, 3.63) is 72.9 Å². The Morgan fingerprint density at radius 3 is 2.09 bits per heavy atom. The highest BCUT2D eigenvalue weighted by atomic mass is 31.2. The van der Waals surface area contributed by atoms with Gasteiger partial charge in [0, 0.05) is 31.1 Å². The van der Waals surface area contributed by atoms with Gasteiger partial charge in [0.2, 0.25) is 0 Å². The molecule has 1 aliphatic rings. The van der Waals surface area contributed by atoms with Crippen LogP contribution in [0.3, 0.4) is 0 Å². The molecule has 1 saturated carbocycles. The molecule has 0 aliphatic heterocycles. The van der Waals surface area contributed by atoms with Crippen LogP contribution < -0.4 is 0 Å². The first-order chi connectivity index (χ1) is 25.5. The summed E-state index contributed by atoms with van der Waals surface area (Å²) in [5.41, 5.74) is 0. The zero-order valence-corrected chi connectivity index (χ0v) is 32.7. The van der Waals surface area contributed by atoms with E-state index in [9.17, 15) is 29.2 Å². The number of phosphoric acid groups is 1. The number of allylic oxidation sites excluding steroid dienone is 10. The van der Waals surface area contributed by atoms with Crippen LogP contribution in [0.1, 0.15) is 123 Å². The normalized spacial score (nSPS) is 19.6. The first kappa shape index (κ1) is 48.1. The Morgan fingerprint density at radius 1 is 0.811 bits per heavy atom. The Bertz CT molecular complexity index is 1250. The number of aliphatic hydroxyl groups excluding tert-OH is 2. The van der Waals surface area contributed by atoms with E-state index in [2.05, 4.69) is 67.0 Å². The van der Waals surface area contributed by atoms with Crippen molar-refractivity contribution in [3.63, 3.8) is 0 Å². The molecule has 0 aromatic heterocycles. The molecule has 0 unspecified atom stereocenters. The summed E-state index contributed by atoms with van der Waals surface area (Å²) in [4.78, 5) is 55.4. The van der Waals surface area contributed by atoms with Gasteiger partial charge in [-0.2, -0.15) is 0 Å². The fourth-order valence-corrected chi connectivity index (χ4v) is 6.00. The SMILES string of the molecule is CC/C=C\C/C=C\C/C=C\C/C=C\CCCCC(=O)OC[C@H](COP(=O)(O)O)OC(=O)CCC/C=C\C[C@H]1C(=O)C[C@@H](O)[C@@H]1/C=C/[C@@H](O)CCCCC. The topological polar surface area (TPSA) is 177 Å². The van der Waals surface area contributed by atoms with Crippen LogP contribution in [0.5, 0.6) is 0 Å². The van der Waals surface area contributed by atoms with E-state index in [-0.39, 0.29) is 36.9 Å². The van der Waals surface area contributed by atoms with Crippen molar-refractivity contribution in [2.75, 3.05) is 13.2 Å². The number of ether oxygens (including phenoxy) is 2. The van der Waals surface area contributed by atoms with E-state index in [0.29, 0.717) is 32.1 Å². The molecule has 0 heterocycles. The Morgan fingerprint density at radius 2 is 1.43 bits per heavy atom. The molecule has 0 aromatic rings. The van der Waals surface area contributed by atoms with Crippen LogP contribution in [0.15, 0.2) is 72.9 Å². The van der Waals surface area contributed by atoms with Crippen LogP contribution in [0, 0.1) is 11.8 Å². The Balaban J connectivity index is 2.38. The summed E-state index contributed by atoms with van der Waals surface area (Å²) >= 11 is 0. The lowest BCUT2D eigenvalue weighted by molar-refractivity contribution is -0.161. The molecule has 4 N–H and O–H groups in total. The second-order valence-corrected chi connectivity index (χ2v) is 14.5. The van der Waals surface area contributed by atoms with Gasteiger partial charge in [-0.3, -0.25) is 18.9 Å². The van der Waals surface area contributed by atoms with Crippen molar-refractivity contribution in [1.82, 2.24) is 0 Å². The summed E-state index contributed by atoms with van der Waals surface area (Å²) in [5.74, 6) is -1.91. The quantitative estimate of drug-likeness (QED) is 0.0241. The molecular formula is C41H65O11P. The number of carbonyl (C=O) groups is 3. The van der Waals surface area contributed by atoms with Crippen molar-refractivity contribution in [2.24, 2.45) is 11.8 Å². The predicted molar refractivity (Wildman–Crippen MR) is 208 cm³/mol. The molecule has 1 rings (SSSR count). The van der Waals surface area contributed by atoms with E-state index < -0.39 is 51.3 Å². The minimum atomic E-state index is -4.84. The molecule has 1 aliphatic carbocycles. The third-order valence-corrected chi connectivity index (χ3v) is 9.06. The van der Waals surface area contributed by atoms with Gasteiger partial charge in [0.05, 0.1) is 18.8 Å². The predicted octanol–water partition coefficient (Wildman–Crippen LogP) is 8.10. The first-order valence-corrected chi connectivity index (χ1v) is 20.9. The maximum atomic E-state index is 12.5. The van der Waals surface area contributed by atoms with E-state index in [1.54, 1.807) is 12.2 Å². The number of unbranched alkanes of at least 4 members (excludes halogenated alkanes) is 5. The number of aliphatic hydroxyl groups is 2. The number of phosphoric ester groups is 1. The number of esters is 2. The van der Waals surface area contributed by atoms with Gasteiger partial charge in [0.15, 0.2) is 6.10 Å². The Labute approximate surface area is 317 Å². The van der Waals surface area contributed by atoms with Gasteiger partial charge in [-0.15, -0.1) is 0 Å². The smallest absolute Gasteiger partial charge is 0.462 e. The molecule has 0 spiro atoms. The summed E-state index contributed by atoms with van der Waals surface area (Å²) < 4.78 is 26.2. The highest BCUT2D eigenvalue weighted by molar-refractivity contribution is 7.46. The van der Waals surface area contributed by atoms with Gasteiger partial charge in [-0.05, 0) is 70.6 Å². The summed E-state index contributed by atoms with van der Waals surface area (Å²) in [5, 5.41) is 20.6. The molecule has 0 radical (unpaired) electrons. The summed E-state index contributed by atoms with van der Waals surface area (Å²) in [6.07, 6.45) is 32.8. The average Bonchev–Trinajstić information content (AvgIpc) is 3.38.